The van der Waals surface area contributed by atoms with Gasteiger partial charge in [0, 0.05) is 24.6 Å². The van der Waals surface area contributed by atoms with Crippen LogP contribution in [0, 0.1) is 0 Å². The zero-order valence-corrected chi connectivity index (χ0v) is 15.5. The van der Waals surface area contributed by atoms with Gasteiger partial charge in [0.1, 0.15) is 17.9 Å². The quantitative estimate of drug-likeness (QED) is 0.763. The fourth-order valence-corrected chi connectivity index (χ4v) is 4.36. The van der Waals surface area contributed by atoms with Crippen LogP contribution in [0.4, 0.5) is 0 Å². The molecule has 3 aliphatic rings. The lowest BCUT2D eigenvalue weighted by molar-refractivity contribution is -0.136. The van der Waals surface area contributed by atoms with Gasteiger partial charge in [-0.05, 0) is 56.0 Å². The normalized spacial score (nSPS) is 27.7. The Kier molecular flexibility index (Phi) is 4.86. The Hall–Kier alpha value is -2.41. The number of imide groups is 1. The molecule has 7 nitrogen and oxygen atoms in total. The van der Waals surface area contributed by atoms with Crippen LogP contribution in [-0.2, 0) is 16.1 Å². The Bertz CT molecular complexity index is 778. The number of ether oxygens (including phenoxy) is 1. The number of hydrogen-bond acceptors (Lipinski definition) is 5. The lowest BCUT2D eigenvalue weighted by Gasteiger charge is -2.29. The maximum atomic E-state index is 12.7. The topological polar surface area (TPSA) is 87.7 Å². The van der Waals surface area contributed by atoms with Gasteiger partial charge in [-0.15, -0.1) is 0 Å². The van der Waals surface area contributed by atoms with E-state index in [1.807, 2.05) is 12.1 Å². The second kappa shape index (κ2) is 7.31. The molecule has 2 heterocycles. The molecule has 0 radical (unpaired) electrons. The number of piperidine rings is 1. The van der Waals surface area contributed by atoms with Crippen molar-refractivity contribution in [2.24, 2.45) is 0 Å². The van der Waals surface area contributed by atoms with Crippen LogP contribution >= 0.6 is 0 Å². The van der Waals surface area contributed by atoms with Gasteiger partial charge in [-0.2, -0.15) is 0 Å². The number of nitrogens with one attached hydrogen (secondary N) is 2. The second-order valence-corrected chi connectivity index (χ2v) is 7.47. The first-order chi connectivity index (χ1) is 13.1. The van der Waals surface area contributed by atoms with Gasteiger partial charge < -0.3 is 15.0 Å². The summed E-state index contributed by atoms with van der Waals surface area (Å²) in [5.41, 5.74) is 1.49. The molecule has 1 aliphatic carbocycles. The van der Waals surface area contributed by atoms with Crippen LogP contribution in [0.25, 0.3) is 0 Å². The first-order valence-electron chi connectivity index (χ1n) is 9.74. The van der Waals surface area contributed by atoms with Crippen molar-refractivity contribution in [2.75, 3.05) is 6.54 Å². The highest BCUT2D eigenvalue weighted by Crippen LogP contribution is 2.32. The van der Waals surface area contributed by atoms with E-state index in [1.165, 1.54) is 0 Å². The molecule has 2 aliphatic heterocycles. The van der Waals surface area contributed by atoms with Gasteiger partial charge in [-0.1, -0.05) is 6.92 Å². The molecule has 1 saturated heterocycles. The van der Waals surface area contributed by atoms with Gasteiger partial charge in [0.2, 0.25) is 11.8 Å². The zero-order valence-electron chi connectivity index (χ0n) is 15.5. The van der Waals surface area contributed by atoms with Crippen molar-refractivity contribution in [1.29, 1.82) is 0 Å². The predicted octanol–water partition coefficient (Wildman–Crippen LogP) is 1.36. The van der Waals surface area contributed by atoms with Gasteiger partial charge in [-0.3, -0.25) is 19.7 Å². The highest BCUT2D eigenvalue weighted by atomic mass is 16.5. The van der Waals surface area contributed by atoms with Crippen molar-refractivity contribution in [3.63, 3.8) is 0 Å². The van der Waals surface area contributed by atoms with Crippen molar-refractivity contribution in [2.45, 2.75) is 63.8 Å². The molecule has 144 valence electrons. The van der Waals surface area contributed by atoms with E-state index >= 15 is 0 Å². The number of hydrogen-bond donors (Lipinski definition) is 2. The van der Waals surface area contributed by atoms with Crippen LogP contribution in [-0.4, -0.2) is 47.4 Å². The largest absolute Gasteiger partial charge is 0.489 e. The predicted molar refractivity (Wildman–Crippen MR) is 98.2 cm³/mol. The zero-order chi connectivity index (χ0) is 19.0. The van der Waals surface area contributed by atoms with Crippen LogP contribution in [0.5, 0.6) is 5.75 Å². The first-order valence-corrected chi connectivity index (χ1v) is 9.74. The third kappa shape index (κ3) is 3.43. The standard InChI is InChI=1S/C20H25N3O4/c1-2-21-15-4-3-5-17(15)27-13-6-7-14-12(10-13)11-23(20(14)26)16-8-9-18(24)22-19(16)25/h6-7,10,15-17,21H,2-5,8-9,11H2,1H3,(H,22,24,25)/t15-,16?,17?/m0/s1. The summed E-state index contributed by atoms with van der Waals surface area (Å²) in [6.45, 7) is 3.39. The van der Waals surface area contributed by atoms with Crippen LogP contribution < -0.4 is 15.4 Å². The van der Waals surface area contributed by atoms with Crippen molar-refractivity contribution >= 4 is 17.7 Å². The van der Waals surface area contributed by atoms with Crippen LogP contribution in [0.3, 0.4) is 0 Å². The fraction of sp³-hybridized carbons (Fsp3) is 0.550. The number of amides is 3. The molecule has 0 bridgehead atoms. The van der Waals surface area contributed by atoms with E-state index in [0.717, 1.165) is 37.1 Å². The first kappa shape index (κ1) is 18.0. The lowest BCUT2D eigenvalue weighted by Crippen LogP contribution is -2.52. The van der Waals surface area contributed by atoms with Crippen LogP contribution in [0.15, 0.2) is 18.2 Å². The van der Waals surface area contributed by atoms with Gasteiger partial charge in [-0.25, -0.2) is 0 Å². The highest BCUT2D eigenvalue weighted by molar-refractivity contribution is 6.05. The summed E-state index contributed by atoms with van der Waals surface area (Å²) in [7, 11) is 0. The maximum absolute atomic E-state index is 12.7. The Morgan fingerprint density at radius 1 is 1.22 bits per heavy atom. The Morgan fingerprint density at radius 2 is 2.07 bits per heavy atom. The summed E-state index contributed by atoms with van der Waals surface area (Å²) in [6.07, 6.45) is 4.07. The second-order valence-electron chi connectivity index (χ2n) is 7.47. The minimum atomic E-state index is -0.583. The van der Waals surface area contributed by atoms with E-state index < -0.39 is 6.04 Å². The minimum Gasteiger partial charge on any atom is -0.489 e. The monoisotopic (exact) mass is 371 g/mol. The van der Waals surface area contributed by atoms with Crippen molar-refractivity contribution < 1.29 is 19.1 Å². The smallest absolute Gasteiger partial charge is 0.255 e. The van der Waals surface area contributed by atoms with E-state index in [9.17, 15) is 14.4 Å². The third-order valence-corrected chi connectivity index (χ3v) is 5.70. The van der Waals surface area contributed by atoms with Crippen LogP contribution in [0.2, 0.25) is 0 Å². The molecule has 4 rings (SSSR count). The molecule has 1 aromatic rings. The van der Waals surface area contributed by atoms with E-state index in [-0.39, 0.29) is 30.2 Å². The molecular weight excluding hydrogens is 346 g/mol. The van der Waals surface area contributed by atoms with Crippen molar-refractivity contribution in [1.82, 2.24) is 15.5 Å². The number of benzene rings is 1. The van der Waals surface area contributed by atoms with Crippen molar-refractivity contribution in [3.05, 3.63) is 29.3 Å². The SMILES string of the molecule is CCN[C@H]1CCCC1Oc1ccc2c(c1)CN(C1CCC(=O)NC1=O)C2=O. The van der Waals surface area contributed by atoms with E-state index in [2.05, 4.69) is 17.6 Å². The van der Waals surface area contributed by atoms with E-state index in [0.29, 0.717) is 24.6 Å². The fourth-order valence-electron chi connectivity index (χ4n) is 4.36. The number of fused-ring (bicyclic) bond motifs is 1. The van der Waals surface area contributed by atoms with E-state index in [1.54, 1.807) is 11.0 Å². The third-order valence-electron chi connectivity index (χ3n) is 5.70. The molecule has 1 saturated carbocycles. The van der Waals surface area contributed by atoms with Gasteiger partial charge in [0.25, 0.3) is 5.91 Å². The summed E-state index contributed by atoms with van der Waals surface area (Å²) in [6, 6.07) is 5.33. The van der Waals surface area contributed by atoms with Crippen LogP contribution in [0.1, 0.15) is 54.9 Å². The number of likely N-dealkylation sites (N-methyl/N-ethyl adjacent to an activating group) is 1. The molecule has 2 N–H and O–H groups in total. The molecule has 3 amide bonds. The summed E-state index contributed by atoms with van der Waals surface area (Å²) in [5.74, 6) is -0.0508. The molecule has 27 heavy (non-hydrogen) atoms. The maximum Gasteiger partial charge on any atom is 0.255 e. The summed E-state index contributed by atoms with van der Waals surface area (Å²) in [4.78, 5) is 37.8. The summed E-state index contributed by atoms with van der Waals surface area (Å²) in [5, 5.41) is 5.80. The molecule has 2 fully saturated rings. The van der Waals surface area contributed by atoms with Crippen molar-refractivity contribution in [3.8, 4) is 5.75 Å². The Balaban J connectivity index is 1.48. The number of nitrogens with zero attached hydrogens (tertiary/aromatic N) is 1. The number of carbonyl (C=O) groups is 3. The Labute approximate surface area is 158 Å². The molecule has 1 aromatic carbocycles. The molecule has 2 unspecified atom stereocenters. The summed E-state index contributed by atoms with van der Waals surface area (Å²) >= 11 is 0. The van der Waals surface area contributed by atoms with Gasteiger partial charge in [0.15, 0.2) is 0 Å². The minimum absolute atomic E-state index is 0.145. The molecule has 7 heteroatoms. The molecule has 3 atom stereocenters. The highest BCUT2D eigenvalue weighted by Gasteiger charge is 2.39. The number of carbonyl (C=O) groups excluding carboxylic acids is 3. The molecule has 0 aromatic heterocycles. The van der Waals surface area contributed by atoms with Gasteiger partial charge >= 0.3 is 0 Å². The average Bonchev–Trinajstić information content (AvgIpc) is 3.20. The average molecular weight is 371 g/mol. The van der Waals surface area contributed by atoms with E-state index in [4.69, 9.17) is 4.74 Å². The molecule has 0 spiro atoms. The Morgan fingerprint density at radius 3 is 2.85 bits per heavy atom. The molecular formula is C20H25N3O4. The summed E-state index contributed by atoms with van der Waals surface area (Å²) < 4.78 is 6.20. The van der Waals surface area contributed by atoms with Gasteiger partial charge in [0.05, 0.1) is 0 Å². The number of rotatable bonds is 5. The lowest BCUT2D eigenvalue weighted by atomic mass is 10.0.